The second-order valence-electron chi connectivity index (χ2n) is 5.35. The molecule has 1 aliphatic heterocycles. The number of carbonyl (C=O) groups is 1. The lowest BCUT2D eigenvalue weighted by Crippen LogP contribution is -2.45. The minimum absolute atomic E-state index is 0.210. The second-order valence-corrected chi connectivity index (χ2v) is 7.08. The molecule has 0 unspecified atom stereocenters. The number of anilines is 1. The van der Waals surface area contributed by atoms with Gasteiger partial charge in [-0.1, -0.05) is 27.5 Å². The van der Waals surface area contributed by atoms with Gasteiger partial charge in [0.2, 0.25) is 0 Å². The van der Waals surface area contributed by atoms with Gasteiger partial charge in [0.05, 0.1) is 5.02 Å². The molecule has 0 spiro atoms. The molecule has 0 aromatic heterocycles. The van der Waals surface area contributed by atoms with E-state index in [1.165, 1.54) is 0 Å². The van der Waals surface area contributed by atoms with Crippen LogP contribution in [0.1, 0.15) is 0 Å². The van der Waals surface area contributed by atoms with E-state index in [4.69, 9.17) is 38.0 Å². The molecule has 0 saturated heterocycles. The van der Waals surface area contributed by atoms with Gasteiger partial charge in [-0.15, -0.1) is 0 Å². The zero-order chi connectivity index (χ0) is 19.2. The van der Waals surface area contributed by atoms with E-state index in [9.17, 15) is 4.79 Å². The van der Waals surface area contributed by atoms with Crippen molar-refractivity contribution in [2.45, 2.75) is 0 Å². The Balaban J connectivity index is 1.44. The van der Waals surface area contributed by atoms with Gasteiger partial charge in [-0.2, -0.15) is 0 Å². The van der Waals surface area contributed by atoms with Crippen molar-refractivity contribution in [3.63, 3.8) is 0 Å². The molecular weight excluding hydrogens is 458 g/mol. The minimum Gasteiger partial charge on any atom is -0.486 e. The van der Waals surface area contributed by atoms with E-state index < -0.39 is 5.91 Å². The maximum Gasteiger partial charge on any atom is 0.276 e. The highest BCUT2D eigenvalue weighted by atomic mass is 79.9. The molecular formula is C17H15BrClN3O4S. The first-order valence-electron chi connectivity index (χ1n) is 7.84. The number of amides is 1. The standard InChI is InChI=1S/C17H15BrClN3O4S/c18-10-1-3-13(12(19)7-10)26-9-16(23)21-22-17(27)20-11-2-4-14-15(8-11)25-6-5-24-14/h1-4,7-8H,5-6,9H2,(H,21,23)(H2,20,22,27). The quantitative estimate of drug-likeness (QED) is 0.465. The lowest BCUT2D eigenvalue weighted by Gasteiger charge is -2.19. The lowest BCUT2D eigenvalue weighted by molar-refractivity contribution is -0.123. The van der Waals surface area contributed by atoms with E-state index in [1.54, 1.807) is 36.4 Å². The summed E-state index contributed by atoms with van der Waals surface area (Å²) in [4.78, 5) is 11.9. The van der Waals surface area contributed by atoms with Crippen LogP contribution < -0.4 is 30.4 Å². The van der Waals surface area contributed by atoms with Gasteiger partial charge in [-0.25, -0.2) is 0 Å². The zero-order valence-corrected chi connectivity index (χ0v) is 17.0. The van der Waals surface area contributed by atoms with Gasteiger partial charge in [0.15, 0.2) is 23.2 Å². The molecule has 0 radical (unpaired) electrons. The lowest BCUT2D eigenvalue weighted by atomic mass is 10.2. The zero-order valence-electron chi connectivity index (χ0n) is 13.9. The molecule has 0 bridgehead atoms. The van der Waals surface area contributed by atoms with Crippen LogP contribution in [0.15, 0.2) is 40.9 Å². The molecule has 0 saturated carbocycles. The topological polar surface area (TPSA) is 80.9 Å². The van der Waals surface area contributed by atoms with Crippen LogP contribution in [-0.2, 0) is 4.79 Å². The maximum absolute atomic E-state index is 11.9. The van der Waals surface area contributed by atoms with Crippen LogP contribution in [-0.4, -0.2) is 30.8 Å². The summed E-state index contributed by atoms with van der Waals surface area (Å²) in [7, 11) is 0. The van der Waals surface area contributed by atoms with E-state index in [0.29, 0.717) is 41.2 Å². The number of hydrogen-bond donors (Lipinski definition) is 3. The van der Waals surface area contributed by atoms with Crippen LogP contribution in [0.2, 0.25) is 5.02 Å². The summed E-state index contributed by atoms with van der Waals surface area (Å²) in [6.45, 7) is 0.803. The minimum atomic E-state index is -0.416. The third-order valence-corrected chi connectivity index (χ3v) is 4.36. The van der Waals surface area contributed by atoms with Crippen LogP contribution >= 0.6 is 39.7 Å². The molecule has 142 valence electrons. The van der Waals surface area contributed by atoms with E-state index >= 15 is 0 Å². The third-order valence-electron chi connectivity index (χ3n) is 3.37. The summed E-state index contributed by atoms with van der Waals surface area (Å²) >= 11 is 14.5. The predicted molar refractivity (Wildman–Crippen MR) is 110 cm³/mol. The number of halogens is 2. The largest absolute Gasteiger partial charge is 0.486 e. The Morgan fingerprint density at radius 3 is 2.70 bits per heavy atom. The molecule has 2 aromatic rings. The fourth-order valence-corrected chi connectivity index (χ4v) is 3.08. The Morgan fingerprint density at radius 1 is 1.15 bits per heavy atom. The van der Waals surface area contributed by atoms with Crippen LogP contribution in [0.3, 0.4) is 0 Å². The number of hydrogen-bond acceptors (Lipinski definition) is 5. The Labute approximate surface area is 174 Å². The second kappa shape index (κ2) is 9.12. The highest BCUT2D eigenvalue weighted by molar-refractivity contribution is 9.10. The van der Waals surface area contributed by atoms with E-state index in [-0.39, 0.29) is 11.7 Å². The number of thiocarbonyl (C=S) groups is 1. The van der Waals surface area contributed by atoms with E-state index in [0.717, 1.165) is 4.47 Å². The van der Waals surface area contributed by atoms with Crippen molar-refractivity contribution in [1.82, 2.24) is 10.9 Å². The van der Waals surface area contributed by atoms with Crippen molar-refractivity contribution in [3.05, 3.63) is 45.9 Å². The van der Waals surface area contributed by atoms with Crippen molar-refractivity contribution < 1.29 is 19.0 Å². The summed E-state index contributed by atoms with van der Waals surface area (Å²) in [5.41, 5.74) is 5.74. The molecule has 27 heavy (non-hydrogen) atoms. The van der Waals surface area contributed by atoms with Gasteiger partial charge < -0.3 is 19.5 Å². The summed E-state index contributed by atoms with van der Waals surface area (Å²) in [5, 5.41) is 3.55. The smallest absolute Gasteiger partial charge is 0.276 e. The van der Waals surface area contributed by atoms with Crippen LogP contribution in [0.25, 0.3) is 0 Å². The molecule has 1 heterocycles. The number of fused-ring (bicyclic) bond motifs is 1. The number of nitrogens with one attached hydrogen (secondary N) is 3. The molecule has 3 rings (SSSR count). The molecule has 3 N–H and O–H groups in total. The third kappa shape index (κ3) is 5.62. The molecule has 1 amide bonds. The first-order chi connectivity index (χ1) is 13.0. The van der Waals surface area contributed by atoms with Gasteiger partial charge in [-0.3, -0.25) is 15.6 Å². The van der Waals surface area contributed by atoms with Crippen molar-refractivity contribution in [2.24, 2.45) is 0 Å². The van der Waals surface area contributed by atoms with Crippen molar-refractivity contribution in [1.29, 1.82) is 0 Å². The Kier molecular flexibility index (Phi) is 6.59. The molecule has 0 atom stereocenters. The summed E-state index contributed by atoms with van der Waals surface area (Å²) in [5.74, 6) is 1.31. The first-order valence-corrected chi connectivity index (χ1v) is 9.42. The number of benzene rings is 2. The average molecular weight is 473 g/mol. The predicted octanol–water partition coefficient (Wildman–Crippen LogP) is 3.27. The van der Waals surface area contributed by atoms with E-state index in [2.05, 4.69) is 32.1 Å². The van der Waals surface area contributed by atoms with Gasteiger partial charge in [0, 0.05) is 16.2 Å². The summed E-state index contributed by atoms with van der Waals surface area (Å²) in [6.07, 6.45) is 0. The van der Waals surface area contributed by atoms with Crippen LogP contribution in [0.5, 0.6) is 17.2 Å². The number of hydrazine groups is 1. The van der Waals surface area contributed by atoms with Gasteiger partial charge in [0.25, 0.3) is 5.91 Å². The summed E-state index contributed by atoms with van der Waals surface area (Å²) < 4.78 is 17.2. The highest BCUT2D eigenvalue weighted by Gasteiger charge is 2.12. The fourth-order valence-electron chi connectivity index (χ4n) is 2.18. The number of rotatable bonds is 4. The average Bonchev–Trinajstić information content (AvgIpc) is 2.65. The molecule has 2 aromatic carbocycles. The molecule has 0 aliphatic carbocycles. The summed E-state index contributed by atoms with van der Waals surface area (Å²) in [6, 6.07) is 10.5. The Morgan fingerprint density at radius 2 is 1.93 bits per heavy atom. The molecule has 0 fully saturated rings. The van der Waals surface area contributed by atoms with Crippen molar-refractivity contribution >= 4 is 56.5 Å². The molecule has 1 aliphatic rings. The Hall–Kier alpha value is -2.23. The first kappa shape index (κ1) is 19.5. The molecule has 10 heteroatoms. The van der Waals surface area contributed by atoms with E-state index in [1.807, 2.05) is 0 Å². The van der Waals surface area contributed by atoms with Crippen LogP contribution in [0.4, 0.5) is 5.69 Å². The maximum atomic E-state index is 11.9. The van der Waals surface area contributed by atoms with Crippen molar-refractivity contribution in [2.75, 3.05) is 25.1 Å². The number of carbonyl (C=O) groups excluding carboxylic acids is 1. The van der Waals surface area contributed by atoms with Gasteiger partial charge >= 0.3 is 0 Å². The SMILES string of the molecule is O=C(COc1ccc(Br)cc1Cl)NNC(=S)Nc1ccc2c(c1)OCCO2. The highest BCUT2D eigenvalue weighted by Crippen LogP contribution is 2.32. The number of ether oxygens (including phenoxy) is 3. The van der Waals surface area contributed by atoms with Gasteiger partial charge in [-0.05, 0) is 42.5 Å². The van der Waals surface area contributed by atoms with Crippen LogP contribution in [0, 0.1) is 0 Å². The normalized spacial score (nSPS) is 12.1. The molecule has 7 nitrogen and oxygen atoms in total. The fraction of sp³-hybridized carbons (Fsp3) is 0.176. The van der Waals surface area contributed by atoms with Gasteiger partial charge in [0.1, 0.15) is 19.0 Å². The monoisotopic (exact) mass is 471 g/mol. The Bertz CT molecular complexity index is 868. The van der Waals surface area contributed by atoms with Crippen molar-refractivity contribution in [3.8, 4) is 17.2 Å².